The van der Waals surface area contributed by atoms with Crippen molar-refractivity contribution in [2.45, 2.75) is 13.8 Å². The molecule has 0 aliphatic carbocycles. The largest absolute Gasteiger partial charge is 0.322 e. The summed E-state index contributed by atoms with van der Waals surface area (Å²) >= 11 is 6.05. The first-order valence-corrected chi connectivity index (χ1v) is 8.86. The zero-order chi connectivity index (χ0) is 19.7. The van der Waals surface area contributed by atoms with Crippen LogP contribution in [0.1, 0.15) is 21.6 Å². The van der Waals surface area contributed by atoms with Gasteiger partial charge in [0.1, 0.15) is 6.33 Å². The van der Waals surface area contributed by atoms with Crippen LogP contribution in [0.3, 0.4) is 0 Å². The van der Waals surface area contributed by atoms with Crippen LogP contribution in [-0.2, 0) is 0 Å². The van der Waals surface area contributed by atoms with Crippen LogP contribution >= 0.6 is 11.6 Å². The molecule has 2 aromatic carbocycles. The van der Waals surface area contributed by atoms with Gasteiger partial charge in [-0.3, -0.25) is 4.79 Å². The Hall–Kier alpha value is -3.52. The second kappa shape index (κ2) is 7.24. The van der Waals surface area contributed by atoms with E-state index >= 15 is 0 Å². The second-order valence-electron chi connectivity index (χ2n) is 6.25. The van der Waals surface area contributed by atoms with E-state index in [-0.39, 0.29) is 5.91 Å². The van der Waals surface area contributed by atoms with Gasteiger partial charge >= 0.3 is 0 Å². The van der Waals surface area contributed by atoms with Crippen LogP contribution in [0.5, 0.6) is 0 Å². The summed E-state index contributed by atoms with van der Waals surface area (Å²) in [6.45, 7) is 3.77. The molecule has 28 heavy (non-hydrogen) atoms. The molecule has 4 aromatic rings. The number of nitrogens with one attached hydrogen (secondary N) is 1. The number of hydrogen-bond donors (Lipinski definition) is 1. The SMILES string of the molecule is Cc1cc(NC(=O)c2cnn(-c3cccc(Cl)c3)c2C)ccc1-n1cnnn1. The van der Waals surface area contributed by atoms with Gasteiger partial charge in [-0.1, -0.05) is 17.7 Å². The molecular formula is C19H16ClN7O. The fraction of sp³-hybridized carbons (Fsp3) is 0.105. The highest BCUT2D eigenvalue weighted by Crippen LogP contribution is 2.21. The molecule has 4 rings (SSSR count). The highest BCUT2D eigenvalue weighted by Gasteiger charge is 2.16. The number of carbonyl (C=O) groups is 1. The smallest absolute Gasteiger partial charge is 0.259 e. The Morgan fingerprint density at radius 1 is 1.14 bits per heavy atom. The van der Waals surface area contributed by atoms with Gasteiger partial charge in [0.25, 0.3) is 5.91 Å². The molecule has 1 amide bonds. The maximum absolute atomic E-state index is 12.7. The van der Waals surface area contributed by atoms with E-state index < -0.39 is 0 Å². The third-order valence-corrected chi connectivity index (χ3v) is 4.59. The molecule has 0 aliphatic heterocycles. The zero-order valence-corrected chi connectivity index (χ0v) is 15.9. The lowest BCUT2D eigenvalue weighted by Gasteiger charge is -2.09. The molecule has 0 fully saturated rings. The third-order valence-electron chi connectivity index (χ3n) is 4.36. The van der Waals surface area contributed by atoms with Gasteiger partial charge in [-0.2, -0.15) is 5.10 Å². The number of tetrazole rings is 1. The van der Waals surface area contributed by atoms with Gasteiger partial charge < -0.3 is 5.32 Å². The van der Waals surface area contributed by atoms with Crippen molar-refractivity contribution in [3.05, 3.63) is 76.8 Å². The van der Waals surface area contributed by atoms with Crippen LogP contribution in [0.4, 0.5) is 5.69 Å². The van der Waals surface area contributed by atoms with E-state index in [1.807, 2.05) is 38.1 Å². The molecular weight excluding hydrogens is 378 g/mol. The van der Waals surface area contributed by atoms with Crippen molar-refractivity contribution in [2.24, 2.45) is 0 Å². The molecule has 0 saturated heterocycles. The Morgan fingerprint density at radius 3 is 2.71 bits per heavy atom. The molecule has 0 bridgehead atoms. The number of benzene rings is 2. The van der Waals surface area contributed by atoms with Gasteiger partial charge in [0.15, 0.2) is 0 Å². The number of aromatic nitrogens is 6. The van der Waals surface area contributed by atoms with Gasteiger partial charge in [-0.25, -0.2) is 9.36 Å². The Bertz CT molecular complexity index is 1150. The van der Waals surface area contributed by atoms with Crippen molar-refractivity contribution in [1.82, 2.24) is 30.0 Å². The molecule has 2 heterocycles. The monoisotopic (exact) mass is 393 g/mol. The first-order chi connectivity index (χ1) is 13.5. The van der Waals surface area contributed by atoms with Crippen LogP contribution < -0.4 is 5.32 Å². The van der Waals surface area contributed by atoms with Gasteiger partial charge in [-0.15, -0.1) is 5.10 Å². The molecule has 0 radical (unpaired) electrons. The molecule has 140 valence electrons. The molecule has 0 saturated carbocycles. The quantitative estimate of drug-likeness (QED) is 0.574. The van der Waals surface area contributed by atoms with Crippen LogP contribution in [0, 0.1) is 13.8 Å². The van der Waals surface area contributed by atoms with E-state index in [2.05, 4.69) is 25.9 Å². The Balaban J connectivity index is 1.57. The molecule has 1 N–H and O–H groups in total. The molecule has 0 spiro atoms. The highest BCUT2D eigenvalue weighted by molar-refractivity contribution is 6.30. The second-order valence-corrected chi connectivity index (χ2v) is 6.68. The standard InChI is InChI=1S/C19H16ClN7O/c1-12-8-15(6-7-18(12)26-11-21-24-25-26)23-19(28)17-10-22-27(13(17)2)16-5-3-4-14(20)9-16/h3-11H,1-2H3,(H,23,28). The summed E-state index contributed by atoms with van der Waals surface area (Å²) in [6, 6.07) is 12.8. The van der Waals surface area contributed by atoms with Crippen LogP contribution in [-0.4, -0.2) is 35.9 Å². The van der Waals surface area contributed by atoms with Gasteiger partial charge in [0.05, 0.1) is 28.8 Å². The number of hydrogen-bond acceptors (Lipinski definition) is 5. The van der Waals surface area contributed by atoms with Crippen molar-refractivity contribution >= 4 is 23.2 Å². The summed E-state index contributed by atoms with van der Waals surface area (Å²) in [7, 11) is 0. The molecule has 9 heteroatoms. The molecule has 0 unspecified atom stereocenters. The first kappa shape index (κ1) is 17.9. The van der Waals surface area contributed by atoms with E-state index in [9.17, 15) is 4.79 Å². The number of aryl methyl sites for hydroxylation is 1. The number of halogens is 1. The fourth-order valence-electron chi connectivity index (χ4n) is 2.96. The van der Waals surface area contributed by atoms with Crippen molar-refractivity contribution in [3.8, 4) is 11.4 Å². The maximum Gasteiger partial charge on any atom is 0.259 e. The highest BCUT2D eigenvalue weighted by atomic mass is 35.5. The maximum atomic E-state index is 12.7. The van der Waals surface area contributed by atoms with Crippen molar-refractivity contribution in [2.75, 3.05) is 5.32 Å². The van der Waals surface area contributed by atoms with Crippen molar-refractivity contribution in [3.63, 3.8) is 0 Å². The lowest BCUT2D eigenvalue weighted by atomic mass is 10.1. The minimum absolute atomic E-state index is 0.236. The lowest BCUT2D eigenvalue weighted by molar-refractivity contribution is 0.102. The Kier molecular flexibility index (Phi) is 4.62. The summed E-state index contributed by atoms with van der Waals surface area (Å²) in [5, 5.41) is 19.0. The topological polar surface area (TPSA) is 90.5 Å². The Labute approximate surface area is 165 Å². The normalized spacial score (nSPS) is 10.8. The van der Waals surface area contributed by atoms with E-state index in [0.29, 0.717) is 16.3 Å². The minimum Gasteiger partial charge on any atom is -0.322 e. The molecule has 2 aromatic heterocycles. The lowest BCUT2D eigenvalue weighted by Crippen LogP contribution is -2.13. The van der Waals surface area contributed by atoms with Crippen LogP contribution in [0.15, 0.2) is 55.0 Å². The summed E-state index contributed by atoms with van der Waals surface area (Å²) in [4.78, 5) is 12.7. The predicted octanol–water partition coefficient (Wildman–Crippen LogP) is 3.37. The van der Waals surface area contributed by atoms with Crippen LogP contribution in [0.2, 0.25) is 5.02 Å². The van der Waals surface area contributed by atoms with E-state index in [1.165, 1.54) is 6.33 Å². The number of amides is 1. The minimum atomic E-state index is -0.236. The average Bonchev–Trinajstić information content (AvgIpc) is 3.31. The summed E-state index contributed by atoms with van der Waals surface area (Å²) in [5.74, 6) is -0.236. The van der Waals surface area contributed by atoms with E-state index in [4.69, 9.17) is 11.6 Å². The van der Waals surface area contributed by atoms with E-state index in [0.717, 1.165) is 22.6 Å². The van der Waals surface area contributed by atoms with Crippen LogP contribution in [0.25, 0.3) is 11.4 Å². The molecule has 8 nitrogen and oxygen atoms in total. The summed E-state index contributed by atoms with van der Waals surface area (Å²) < 4.78 is 3.26. The summed E-state index contributed by atoms with van der Waals surface area (Å²) in [5.41, 5.74) is 4.45. The van der Waals surface area contributed by atoms with Gasteiger partial charge in [0.2, 0.25) is 0 Å². The van der Waals surface area contributed by atoms with Crippen molar-refractivity contribution in [1.29, 1.82) is 0 Å². The molecule has 0 aliphatic rings. The Morgan fingerprint density at radius 2 is 2.00 bits per heavy atom. The number of nitrogens with zero attached hydrogens (tertiary/aromatic N) is 6. The zero-order valence-electron chi connectivity index (χ0n) is 15.2. The first-order valence-electron chi connectivity index (χ1n) is 8.49. The average molecular weight is 394 g/mol. The van der Waals surface area contributed by atoms with Gasteiger partial charge in [-0.05, 0) is 66.2 Å². The number of carbonyl (C=O) groups excluding carboxylic acids is 1. The predicted molar refractivity (Wildman–Crippen MR) is 105 cm³/mol. The molecule has 0 atom stereocenters. The fourth-order valence-corrected chi connectivity index (χ4v) is 3.15. The van der Waals surface area contributed by atoms with Gasteiger partial charge in [0, 0.05) is 10.7 Å². The summed E-state index contributed by atoms with van der Waals surface area (Å²) in [6.07, 6.45) is 3.07. The third kappa shape index (κ3) is 3.37. The van der Waals surface area contributed by atoms with E-state index in [1.54, 1.807) is 33.8 Å². The van der Waals surface area contributed by atoms with Crippen molar-refractivity contribution < 1.29 is 4.79 Å². The number of rotatable bonds is 4. The number of anilines is 1.